The van der Waals surface area contributed by atoms with E-state index in [1.54, 1.807) is 30.3 Å². The van der Waals surface area contributed by atoms with E-state index in [1.165, 1.54) is 17.0 Å². The van der Waals surface area contributed by atoms with Crippen molar-refractivity contribution >= 4 is 50.9 Å². The van der Waals surface area contributed by atoms with E-state index in [0.717, 1.165) is 35.6 Å². The molecule has 1 aliphatic carbocycles. The lowest BCUT2D eigenvalue weighted by Crippen LogP contribution is -2.52. The van der Waals surface area contributed by atoms with Gasteiger partial charge in [0.15, 0.2) is 0 Å². The fourth-order valence-corrected chi connectivity index (χ4v) is 7.59. The van der Waals surface area contributed by atoms with Crippen molar-refractivity contribution in [2.45, 2.75) is 62.0 Å². The number of benzene rings is 3. The van der Waals surface area contributed by atoms with Crippen LogP contribution in [0.2, 0.25) is 10.0 Å². The van der Waals surface area contributed by atoms with Gasteiger partial charge in [-0.05, 0) is 48.2 Å². The van der Waals surface area contributed by atoms with E-state index in [2.05, 4.69) is 5.32 Å². The number of amides is 3. The van der Waals surface area contributed by atoms with Gasteiger partial charge >= 0.3 is 0 Å². The maximum Gasteiger partial charge on any atom is 0.269 e. The first kappa shape index (κ1) is 30.1. The molecule has 1 N–H and O–H groups in total. The topological polar surface area (TPSA) is 104 Å². The van der Waals surface area contributed by atoms with Gasteiger partial charge in [0, 0.05) is 42.0 Å². The lowest BCUT2D eigenvalue weighted by Gasteiger charge is -2.33. The second-order valence-electron chi connectivity index (χ2n) is 10.6. The molecular weight excluding hydrogens is 597 g/mol. The molecule has 1 heterocycles. The molecule has 0 spiro atoms. The van der Waals surface area contributed by atoms with Crippen LogP contribution in [0, 0.1) is 0 Å². The third-order valence-corrected chi connectivity index (χ3v) is 10.2. The average molecular weight is 629 g/mol. The molecule has 1 saturated carbocycles. The highest BCUT2D eigenvalue weighted by Gasteiger charge is 2.41. The van der Waals surface area contributed by atoms with E-state index in [-0.39, 0.29) is 48.3 Å². The van der Waals surface area contributed by atoms with E-state index in [1.807, 2.05) is 30.3 Å². The van der Waals surface area contributed by atoms with Crippen molar-refractivity contribution < 1.29 is 22.8 Å². The van der Waals surface area contributed by atoms with Gasteiger partial charge in [-0.3, -0.25) is 14.4 Å². The number of carbonyl (C=O) groups excluding carboxylic acids is 3. The summed E-state index contributed by atoms with van der Waals surface area (Å²) < 4.78 is 26.9. The van der Waals surface area contributed by atoms with Gasteiger partial charge in [-0.1, -0.05) is 84.6 Å². The summed E-state index contributed by atoms with van der Waals surface area (Å²) in [6.07, 6.45) is 3.72. The largest absolute Gasteiger partial charge is 0.352 e. The molecule has 0 radical (unpaired) electrons. The molecule has 1 aliphatic heterocycles. The zero-order valence-electron chi connectivity index (χ0n) is 22.8. The Kier molecular flexibility index (Phi) is 9.20. The van der Waals surface area contributed by atoms with Crippen molar-refractivity contribution in [1.29, 1.82) is 0 Å². The van der Waals surface area contributed by atoms with E-state index >= 15 is 0 Å². The van der Waals surface area contributed by atoms with Crippen molar-refractivity contribution in [3.8, 4) is 0 Å². The highest BCUT2D eigenvalue weighted by atomic mass is 35.5. The molecule has 1 atom stereocenters. The Balaban J connectivity index is 1.45. The van der Waals surface area contributed by atoms with Gasteiger partial charge in [0.05, 0.1) is 5.56 Å². The number of sulfonamides is 1. The summed E-state index contributed by atoms with van der Waals surface area (Å²) in [5, 5.41) is 3.89. The van der Waals surface area contributed by atoms with Crippen LogP contribution in [0.15, 0.2) is 77.7 Å². The van der Waals surface area contributed by atoms with Crippen LogP contribution >= 0.6 is 23.2 Å². The van der Waals surface area contributed by atoms with Crippen LogP contribution in [-0.4, -0.2) is 54.0 Å². The quantitative estimate of drug-likeness (QED) is 0.332. The number of fused-ring (bicyclic) bond motifs is 1. The molecule has 3 amide bonds. The van der Waals surface area contributed by atoms with Gasteiger partial charge in [0.25, 0.3) is 15.9 Å². The Bertz CT molecular complexity index is 1590. The molecule has 2 aliphatic rings. The van der Waals surface area contributed by atoms with Crippen LogP contribution < -0.4 is 5.32 Å². The van der Waals surface area contributed by atoms with Gasteiger partial charge in [-0.2, -0.15) is 0 Å². The predicted molar refractivity (Wildman–Crippen MR) is 161 cm³/mol. The number of nitrogens with zero attached hydrogens (tertiary/aromatic N) is 2. The smallest absolute Gasteiger partial charge is 0.269 e. The van der Waals surface area contributed by atoms with Gasteiger partial charge in [0.1, 0.15) is 10.9 Å². The number of hydrogen-bond acceptors (Lipinski definition) is 5. The molecule has 1 fully saturated rings. The minimum absolute atomic E-state index is 0.00859. The molecule has 0 bridgehead atoms. The molecule has 0 aromatic heterocycles. The van der Waals surface area contributed by atoms with Gasteiger partial charge < -0.3 is 10.2 Å². The van der Waals surface area contributed by atoms with E-state index in [0.29, 0.717) is 15.6 Å². The minimum atomic E-state index is -4.09. The summed E-state index contributed by atoms with van der Waals surface area (Å²) in [4.78, 5) is 42.1. The molecule has 3 aromatic carbocycles. The molecule has 0 unspecified atom stereocenters. The van der Waals surface area contributed by atoms with Gasteiger partial charge in [-0.15, -0.1) is 0 Å². The number of rotatable bonds is 10. The summed E-state index contributed by atoms with van der Waals surface area (Å²) in [5.74, 6) is -1.45. The molecule has 42 heavy (non-hydrogen) atoms. The monoisotopic (exact) mass is 627 g/mol. The molecule has 8 nitrogen and oxygen atoms in total. The highest BCUT2D eigenvalue weighted by molar-refractivity contribution is 7.90. The summed E-state index contributed by atoms with van der Waals surface area (Å²) in [7, 11) is -4.09. The number of nitrogens with one attached hydrogen (secondary N) is 1. The summed E-state index contributed by atoms with van der Waals surface area (Å²) in [6, 6.07) is 19.4. The number of halogens is 2. The first-order valence-corrected chi connectivity index (χ1v) is 16.1. The number of carbonyl (C=O) groups is 3. The van der Waals surface area contributed by atoms with Crippen molar-refractivity contribution in [3.63, 3.8) is 0 Å². The summed E-state index contributed by atoms with van der Waals surface area (Å²) in [5.41, 5.74) is 1.52. The van der Waals surface area contributed by atoms with Crippen LogP contribution in [0.3, 0.4) is 0 Å². The van der Waals surface area contributed by atoms with Crippen LogP contribution in [0.25, 0.3) is 0 Å². The second-order valence-corrected chi connectivity index (χ2v) is 13.3. The SMILES string of the molecule is O=C(NC1CCCC1)[C@@H](Cc1ccccc1)N(Cc1ccc(Cl)cc1Cl)C(=O)CCN1C(=O)c2ccccc2S1(=O)=O. The maximum atomic E-state index is 14.0. The minimum Gasteiger partial charge on any atom is -0.352 e. The summed E-state index contributed by atoms with van der Waals surface area (Å²) in [6.45, 7) is -0.368. The van der Waals surface area contributed by atoms with Crippen molar-refractivity contribution in [3.05, 3.63) is 99.5 Å². The Morgan fingerprint density at radius 1 is 0.976 bits per heavy atom. The highest BCUT2D eigenvalue weighted by Crippen LogP contribution is 2.31. The Labute approximate surface area is 255 Å². The van der Waals surface area contributed by atoms with Crippen LogP contribution in [-0.2, 0) is 32.6 Å². The van der Waals surface area contributed by atoms with Crippen molar-refractivity contribution in [1.82, 2.24) is 14.5 Å². The summed E-state index contributed by atoms with van der Waals surface area (Å²) >= 11 is 12.6. The number of hydrogen-bond donors (Lipinski definition) is 1. The molecule has 3 aromatic rings. The maximum absolute atomic E-state index is 14.0. The Hall–Kier alpha value is -3.40. The first-order valence-electron chi connectivity index (χ1n) is 13.9. The molecule has 11 heteroatoms. The van der Waals surface area contributed by atoms with Crippen LogP contribution in [0.5, 0.6) is 0 Å². The zero-order chi connectivity index (χ0) is 29.9. The van der Waals surface area contributed by atoms with E-state index in [4.69, 9.17) is 23.2 Å². The van der Waals surface area contributed by atoms with E-state index in [9.17, 15) is 22.8 Å². The first-order chi connectivity index (χ1) is 20.1. The van der Waals surface area contributed by atoms with Gasteiger partial charge in [-0.25, -0.2) is 12.7 Å². The van der Waals surface area contributed by atoms with Gasteiger partial charge in [0.2, 0.25) is 11.8 Å². The van der Waals surface area contributed by atoms with Crippen molar-refractivity contribution in [2.75, 3.05) is 6.54 Å². The standard InChI is InChI=1S/C31H31Cl2N3O5S/c32-23-15-14-22(26(33)19-23)20-35(27(18-21-8-2-1-3-9-21)30(38)34-24-10-4-5-11-24)29(37)16-17-36-31(39)25-12-6-7-13-28(25)42(36,40)41/h1-3,6-9,12-15,19,24,27H,4-5,10-11,16-18,20H2,(H,34,38)/t27-/m1/s1. The third-order valence-electron chi connectivity index (χ3n) is 7.77. The second kappa shape index (κ2) is 12.9. The molecule has 220 valence electrons. The lowest BCUT2D eigenvalue weighted by atomic mass is 10.0. The lowest BCUT2D eigenvalue weighted by molar-refractivity contribution is -0.141. The van der Waals surface area contributed by atoms with E-state index < -0.39 is 27.9 Å². The zero-order valence-corrected chi connectivity index (χ0v) is 25.2. The third kappa shape index (κ3) is 6.48. The fourth-order valence-electron chi connectivity index (χ4n) is 5.55. The van der Waals surface area contributed by atoms with Crippen LogP contribution in [0.4, 0.5) is 0 Å². The Morgan fingerprint density at radius 2 is 1.67 bits per heavy atom. The molecular formula is C31H31Cl2N3O5S. The average Bonchev–Trinajstić information content (AvgIpc) is 3.55. The van der Waals surface area contributed by atoms with Crippen LogP contribution in [0.1, 0.15) is 53.6 Å². The molecule has 5 rings (SSSR count). The molecule has 0 saturated heterocycles. The Morgan fingerprint density at radius 3 is 2.36 bits per heavy atom. The predicted octanol–water partition coefficient (Wildman–Crippen LogP) is 5.23. The fraction of sp³-hybridized carbons (Fsp3) is 0.323. The normalized spacial score (nSPS) is 16.7. The van der Waals surface area contributed by atoms with Crippen molar-refractivity contribution in [2.24, 2.45) is 0 Å².